The summed E-state index contributed by atoms with van der Waals surface area (Å²) < 4.78 is 0. The highest BCUT2D eigenvalue weighted by Gasteiger charge is 2.67. The highest BCUT2D eigenvalue weighted by molar-refractivity contribution is 6.22. The Balaban J connectivity index is 1.60. The quantitative estimate of drug-likeness (QED) is 0.590. The van der Waals surface area contributed by atoms with Gasteiger partial charge >= 0.3 is 0 Å². The normalized spacial score (nSPS) is 40.9. The Kier molecular flexibility index (Phi) is 2.23. The van der Waals surface area contributed by atoms with Crippen LogP contribution in [0.5, 0.6) is 0 Å². The molecule has 4 aliphatic carbocycles. The third-order valence-electron chi connectivity index (χ3n) is 6.13. The van der Waals surface area contributed by atoms with E-state index in [9.17, 15) is 9.59 Å². The molecule has 3 nitrogen and oxygen atoms in total. The maximum absolute atomic E-state index is 13.0. The van der Waals surface area contributed by atoms with Crippen LogP contribution >= 0.6 is 0 Å². The van der Waals surface area contributed by atoms with Gasteiger partial charge in [0.2, 0.25) is 11.8 Å². The van der Waals surface area contributed by atoms with Gasteiger partial charge in [0.15, 0.2) is 0 Å². The monoisotopic (exact) mass is 293 g/mol. The van der Waals surface area contributed by atoms with Crippen molar-refractivity contribution in [3.8, 4) is 0 Å². The second-order valence-electron chi connectivity index (χ2n) is 7.51. The van der Waals surface area contributed by atoms with Gasteiger partial charge in [0.05, 0.1) is 17.5 Å². The molecule has 2 saturated carbocycles. The third kappa shape index (κ3) is 1.42. The van der Waals surface area contributed by atoms with Crippen LogP contribution in [0.3, 0.4) is 0 Å². The molecule has 5 aliphatic rings. The summed E-state index contributed by atoms with van der Waals surface area (Å²) in [5.74, 6) is 1.77. The average molecular weight is 293 g/mol. The van der Waals surface area contributed by atoms with Crippen LogP contribution in [-0.4, -0.2) is 11.8 Å². The number of imide groups is 1. The van der Waals surface area contributed by atoms with Gasteiger partial charge in [0.25, 0.3) is 0 Å². The van der Waals surface area contributed by atoms with E-state index in [1.165, 1.54) is 11.3 Å². The maximum Gasteiger partial charge on any atom is 0.238 e. The molecular formula is C19H19NO2. The molecular weight excluding hydrogens is 274 g/mol. The van der Waals surface area contributed by atoms with Crippen LogP contribution in [0, 0.1) is 49.4 Å². The highest BCUT2D eigenvalue weighted by atomic mass is 16.2. The van der Waals surface area contributed by atoms with E-state index in [1.54, 1.807) is 0 Å². The molecule has 0 radical (unpaired) electrons. The minimum absolute atomic E-state index is 0.0321. The van der Waals surface area contributed by atoms with Crippen LogP contribution in [0.2, 0.25) is 0 Å². The van der Waals surface area contributed by atoms with E-state index < -0.39 is 0 Å². The van der Waals surface area contributed by atoms with Crippen LogP contribution < -0.4 is 4.90 Å². The lowest BCUT2D eigenvalue weighted by molar-refractivity contribution is -0.124. The first-order valence-corrected chi connectivity index (χ1v) is 8.20. The van der Waals surface area contributed by atoms with Crippen LogP contribution in [-0.2, 0) is 9.59 Å². The lowest BCUT2D eigenvalue weighted by Crippen LogP contribution is -2.40. The Morgan fingerprint density at radius 2 is 1.36 bits per heavy atom. The number of rotatable bonds is 1. The zero-order chi connectivity index (χ0) is 15.2. The smallest absolute Gasteiger partial charge is 0.238 e. The standard InChI is InChI=1S/C19H19NO2/c1-9-5-10(2)7-11(6-9)20-18(21)16-12-3-4-13(15-8-14(12)15)17(16)19(20)22/h3-7,12-17H,8H2,1-2H3/t12-,13-,14-,15-,16+,17+/m0/s1. The summed E-state index contributed by atoms with van der Waals surface area (Å²) in [5, 5.41) is 0. The van der Waals surface area contributed by atoms with Crippen molar-refractivity contribution >= 4 is 17.5 Å². The molecule has 112 valence electrons. The van der Waals surface area contributed by atoms with Crippen LogP contribution in [0.15, 0.2) is 30.4 Å². The number of carbonyl (C=O) groups is 2. The molecule has 0 N–H and O–H groups in total. The fourth-order valence-electron chi connectivity index (χ4n) is 5.29. The van der Waals surface area contributed by atoms with Gasteiger partial charge in [-0.3, -0.25) is 9.59 Å². The average Bonchev–Trinajstić information content (AvgIpc) is 3.23. The van der Waals surface area contributed by atoms with Gasteiger partial charge in [-0.15, -0.1) is 0 Å². The molecule has 1 saturated heterocycles. The second-order valence-corrected chi connectivity index (χ2v) is 7.51. The van der Waals surface area contributed by atoms with E-state index in [4.69, 9.17) is 0 Å². The first-order valence-electron chi connectivity index (χ1n) is 8.20. The van der Waals surface area contributed by atoms with Gasteiger partial charge in [-0.05, 0) is 67.2 Å². The number of benzene rings is 1. The number of allylic oxidation sites excluding steroid dienone is 2. The zero-order valence-corrected chi connectivity index (χ0v) is 12.8. The van der Waals surface area contributed by atoms with E-state index in [0.29, 0.717) is 23.7 Å². The van der Waals surface area contributed by atoms with Gasteiger partial charge in [0.1, 0.15) is 0 Å². The van der Waals surface area contributed by atoms with E-state index in [1.807, 2.05) is 26.0 Å². The number of hydrogen-bond donors (Lipinski definition) is 0. The number of aryl methyl sites for hydroxylation is 2. The summed E-state index contributed by atoms with van der Waals surface area (Å²) in [5.41, 5.74) is 2.94. The molecule has 1 aromatic carbocycles. The molecule has 0 spiro atoms. The number of anilines is 1. The minimum atomic E-state index is -0.105. The highest BCUT2D eigenvalue weighted by Crippen LogP contribution is 2.65. The Bertz CT molecular complexity index is 694. The fraction of sp³-hybridized carbons (Fsp3) is 0.474. The molecule has 1 aliphatic heterocycles. The summed E-state index contributed by atoms with van der Waals surface area (Å²) >= 11 is 0. The van der Waals surface area contributed by atoms with Gasteiger partial charge in [0, 0.05) is 0 Å². The van der Waals surface area contributed by atoms with E-state index in [-0.39, 0.29) is 23.7 Å². The van der Waals surface area contributed by atoms with Gasteiger partial charge in [-0.1, -0.05) is 18.2 Å². The van der Waals surface area contributed by atoms with E-state index in [2.05, 4.69) is 18.2 Å². The van der Waals surface area contributed by atoms with Gasteiger partial charge < -0.3 is 0 Å². The van der Waals surface area contributed by atoms with Crippen molar-refractivity contribution < 1.29 is 9.59 Å². The fourth-order valence-corrected chi connectivity index (χ4v) is 5.29. The summed E-state index contributed by atoms with van der Waals surface area (Å²) in [6, 6.07) is 5.98. The Hall–Kier alpha value is -1.90. The van der Waals surface area contributed by atoms with Crippen LogP contribution in [0.25, 0.3) is 0 Å². The second kappa shape index (κ2) is 3.89. The van der Waals surface area contributed by atoms with Crippen molar-refractivity contribution in [1.29, 1.82) is 0 Å². The first-order chi connectivity index (χ1) is 10.6. The predicted molar refractivity (Wildman–Crippen MR) is 83.1 cm³/mol. The lowest BCUT2D eigenvalue weighted by atomic mass is 9.63. The number of amides is 2. The summed E-state index contributed by atoms with van der Waals surface area (Å²) in [7, 11) is 0. The molecule has 0 unspecified atom stereocenters. The molecule has 0 aromatic heterocycles. The molecule has 22 heavy (non-hydrogen) atoms. The minimum Gasteiger partial charge on any atom is -0.274 e. The number of nitrogens with zero attached hydrogens (tertiary/aromatic N) is 1. The first kappa shape index (κ1) is 12.6. The van der Waals surface area contributed by atoms with E-state index >= 15 is 0 Å². The van der Waals surface area contributed by atoms with Crippen molar-refractivity contribution in [3.05, 3.63) is 41.5 Å². The van der Waals surface area contributed by atoms with Crippen molar-refractivity contribution in [2.45, 2.75) is 20.3 Å². The predicted octanol–water partition coefficient (Wildman–Crippen LogP) is 2.86. The summed E-state index contributed by atoms with van der Waals surface area (Å²) in [4.78, 5) is 27.5. The molecule has 6 rings (SSSR count). The topological polar surface area (TPSA) is 37.4 Å². The summed E-state index contributed by atoms with van der Waals surface area (Å²) in [6.45, 7) is 4.02. The lowest BCUT2D eigenvalue weighted by Gasteiger charge is -2.37. The number of carbonyl (C=O) groups excluding carboxylic acids is 2. The van der Waals surface area contributed by atoms with Gasteiger partial charge in [-0.2, -0.15) is 0 Å². The largest absolute Gasteiger partial charge is 0.274 e. The van der Waals surface area contributed by atoms with Crippen LogP contribution in [0.4, 0.5) is 5.69 Å². The van der Waals surface area contributed by atoms with E-state index in [0.717, 1.165) is 16.8 Å². The Morgan fingerprint density at radius 1 is 0.864 bits per heavy atom. The zero-order valence-electron chi connectivity index (χ0n) is 12.8. The van der Waals surface area contributed by atoms with Crippen molar-refractivity contribution in [2.75, 3.05) is 4.90 Å². The number of hydrogen-bond acceptors (Lipinski definition) is 2. The Labute approximate surface area is 130 Å². The van der Waals surface area contributed by atoms with Crippen molar-refractivity contribution in [1.82, 2.24) is 0 Å². The van der Waals surface area contributed by atoms with Gasteiger partial charge in [-0.25, -0.2) is 4.90 Å². The summed E-state index contributed by atoms with van der Waals surface area (Å²) in [6.07, 6.45) is 5.64. The molecule has 3 fully saturated rings. The molecule has 1 heterocycles. The van der Waals surface area contributed by atoms with Crippen molar-refractivity contribution in [3.63, 3.8) is 0 Å². The maximum atomic E-state index is 13.0. The molecule has 2 amide bonds. The molecule has 2 bridgehead atoms. The third-order valence-corrected chi connectivity index (χ3v) is 6.13. The molecule has 3 heteroatoms. The SMILES string of the molecule is Cc1cc(C)cc(N2C(=O)[C@@H]3[C@H]4C=C[C@@H]([C@@H]5C[C@@H]45)[C@H]3C2=O)c1. The molecule has 1 aromatic rings. The Morgan fingerprint density at radius 3 is 1.86 bits per heavy atom. The van der Waals surface area contributed by atoms with Crippen molar-refractivity contribution in [2.24, 2.45) is 35.5 Å². The molecule has 6 atom stereocenters. The van der Waals surface area contributed by atoms with Crippen LogP contribution in [0.1, 0.15) is 17.5 Å².